The van der Waals surface area contributed by atoms with E-state index in [-0.39, 0.29) is 12.7 Å². The van der Waals surface area contributed by atoms with Gasteiger partial charge in [-0.15, -0.1) is 0 Å². The fourth-order valence-corrected chi connectivity index (χ4v) is 1.32. The van der Waals surface area contributed by atoms with Crippen molar-refractivity contribution < 1.29 is 9.84 Å². The Labute approximate surface area is 86.7 Å². The predicted octanol–water partition coefficient (Wildman–Crippen LogP) is 2.52. The molecule has 0 amide bonds. The molecule has 2 nitrogen and oxygen atoms in total. The van der Waals surface area contributed by atoms with Crippen molar-refractivity contribution >= 4 is 15.9 Å². The number of hydrogen-bond acceptors (Lipinski definition) is 2. The smallest absolute Gasteiger partial charge is 0.0797 e. The molecule has 0 aromatic heterocycles. The van der Waals surface area contributed by atoms with Gasteiger partial charge >= 0.3 is 0 Å². The molecule has 0 aliphatic carbocycles. The Morgan fingerprint density at radius 2 is 2.00 bits per heavy atom. The summed E-state index contributed by atoms with van der Waals surface area (Å²) in [7, 11) is 0. The fraction of sp³-hybridized carbons (Fsp3) is 0.400. The highest BCUT2D eigenvalue weighted by molar-refractivity contribution is 9.10. The molecule has 0 radical (unpaired) electrons. The van der Waals surface area contributed by atoms with Crippen LogP contribution >= 0.6 is 15.9 Å². The van der Waals surface area contributed by atoms with Crippen molar-refractivity contribution in [1.29, 1.82) is 0 Å². The molecular weight excluding hydrogens is 232 g/mol. The monoisotopic (exact) mass is 244 g/mol. The van der Waals surface area contributed by atoms with Crippen molar-refractivity contribution in [3.63, 3.8) is 0 Å². The van der Waals surface area contributed by atoms with Crippen molar-refractivity contribution in [2.75, 3.05) is 13.2 Å². The maximum Gasteiger partial charge on any atom is 0.0797 e. The topological polar surface area (TPSA) is 29.5 Å². The van der Waals surface area contributed by atoms with Crippen LogP contribution in [0.15, 0.2) is 28.7 Å². The summed E-state index contributed by atoms with van der Waals surface area (Å²) in [6, 6.07) is 7.97. The lowest BCUT2D eigenvalue weighted by molar-refractivity contribution is 0.0385. The first-order valence-electron chi connectivity index (χ1n) is 4.22. The van der Waals surface area contributed by atoms with Crippen LogP contribution in [0.2, 0.25) is 0 Å². The van der Waals surface area contributed by atoms with E-state index in [9.17, 15) is 0 Å². The third-order valence-corrected chi connectivity index (χ3v) is 2.33. The zero-order chi connectivity index (χ0) is 9.68. The Morgan fingerprint density at radius 3 is 2.54 bits per heavy atom. The van der Waals surface area contributed by atoms with E-state index in [1.54, 1.807) is 0 Å². The number of ether oxygens (including phenoxy) is 1. The van der Waals surface area contributed by atoms with Gasteiger partial charge in [0.15, 0.2) is 0 Å². The van der Waals surface area contributed by atoms with Gasteiger partial charge in [0.05, 0.1) is 19.3 Å². The molecule has 0 heterocycles. The normalized spacial score (nSPS) is 12.8. The van der Waals surface area contributed by atoms with Crippen LogP contribution in [0.3, 0.4) is 0 Å². The minimum atomic E-state index is 0.0419. The van der Waals surface area contributed by atoms with Gasteiger partial charge in [-0.2, -0.15) is 0 Å². The molecule has 0 saturated heterocycles. The Balaban J connectivity index is 2.55. The molecule has 0 fully saturated rings. The second-order valence-corrected chi connectivity index (χ2v) is 3.70. The van der Waals surface area contributed by atoms with Gasteiger partial charge in [0, 0.05) is 4.47 Å². The second kappa shape index (κ2) is 5.37. The van der Waals surface area contributed by atoms with E-state index < -0.39 is 0 Å². The van der Waals surface area contributed by atoms with Crippen LogP contribution in [-0.2, 0) is 4.74 Å². The lowest BCUT2D eigenvalue weighted by Gasteiger charge is -2.12. The van der Waals surface area contributed by atoms with Crippen molar-refractivity contribution in [2.45, 2.75) is 13.0 Å². The summed E-state index contributed by atoms with van der Waals surface area (Å²) in [6.07, 6.45) is 0.0419. The Hall–Kier alpha value is -0.380. The average molecular weight is 245 g/mol. The van der Waals surface area contributed by atoms with E-state index in [0.717, 1.165) is 10.0 Å². The van der Waals surface area contributed by atoms with Gasteiger partial charge in [0.1, 0.15) is 0 Å². The van der Waals surface area contributed by atoms with Gasteiger partial charge in [0.25, 0.3) is 0 Å². The molecule has 0 aliphatic heterocycles. The Morgan fingerprint density at radius 1 is 1.38 bits per heavy atom. The number of halogens is 1. The number of benzene rings is 1. The van der Waals surface area contributed by atoms with Crippen LogP contribution in [0.25, 0.3) is 0 Å². The average Bonchev–Trinajstić information content (AvgIpc) is 2.15. The van der Waals surface area contributed by atoms with Gasteiger partial charge in [0.2, 0.25) is 0 Å². The number of aliphatic hydroxyl groups excluding tert-OH is 1. The predicted molar refractivity (Wildman–Crippen MR) is 55.6 cm³/mol. The van der Waals surface area contributed by atoms with Crippen LogP contribution in [0.5, 0.6) is 0 Å². The second-order valence-electron chi connectivity index (χ2n) is 2.79. The van der Waals surface area contributed by atoms with Crippen LogP contribution in [0.1, 0.15) is 18.6 Å². The van der Waals surface area contributed by atoms with E-state index in [2.05, 4.69) is 15.9 Å². The minimum absolute atomic E-state index is 0.0419. The molecular formula is C10H13BrO2. The summed E-state index contributed by atoms with van der Waals surface area (Å²) in [5, 5.41) is 8.57. The molecule has 1 unspecified atom stereocenters. The van der Waals surface area contributed by atoms with Gasteiger partial charge in [-0.1, -0.05) is 28.1 Å². The van der Waals surface area contributed by atoms with E-state index in [1.807, 2.05) is 31.2 Å². The summed E-state index contributed by atoms with van der Waals surface area (Å²) in [6.45, 7) is 2.43. The molecule has 0 aliphatic rings. The van der Waals surface area contributed by atoms with E-state index >= 15 is 0 Å². The summed E-state index contributed by atoms with van der Waals surface area (Å²) < 4.78 is 6.41. The zero-order valence-corrected chi connectivity index (χ0v) is 9.12. The summed E-state index contributed by atoms with van der Waals surface area (Å²) in [4.78, 5) is 0. The zero-order valence-electron chi connectivity index (χ0n) is 7.53. The maximum absolute atomic E-state index is 8.57. The van der Waals surface area contributed by atoms with Crippen molar-refractivity contribution in [1.82, 2.24) is 0 Å². The SMILES string of the molecule is CC(OCCO)c1ccc(Br)cc1. The van der Waals surface area contributed by atoms with Crippen molar-refractivity contribution in [3.05, 3.63) is 34.3 Å². The molecule has 1 rings (SSSR count). The third kappa shape index (κ3) is 3.46. The highest BCUT2D eigenvalue weighted by Crippen LogP contribution is 2.18. The summed E-state index contributed by atoms with van der Waals surface area (Å²) in [5.74, 6) is 0. The molecule has 0 bridgehead atoms. The molecule has 1 aromatic rings. The molecule has 72 valence electrons. The highest BCUT2D eigenvalue weighted by Gasteiger charge is 2.03. The number of aliphatic hydroxyl groups is 1. The standard InChI is InChI=1S/C10H13BrO2/c1-8(13-7-6-12)9-2-4-10(11)5-3-9/h2-5,8,12H,6-7H2,1H3. The summed E-state index contributed by atoms with van der Waals surface area (Å²) in [5.41, 5.74) is 1.12. The number of rotatable bonds is 4. The molecule has 1 N–H and O–H groups in total. The first kappa shape index (κ1) is 10.7. The van der Waals surface area contributed by atoms with Gasteiger partial charge < -0.3 is 9.84 Å². The third-order valence-electron chi connectivity index (χ3n) is 1.80. The first-order valence-corrected chi connectivity index (χ1v) is 5.01. The van der Waals surface area contributed by atoms with Crippen LogP contribution < -0.4 is 0 Å². The van der Waals surface area contributed by atoms with Gasteiger partial charge in [-0.05, 0) is 24.6 Å². The lowest BCUT2D eigenvalue weighted by Crippen LogP contribution is -2.04. The Kier molecular flexibility index (Phi) is 4.42. The van der Waals surface area contributed by atoms with Crippen LogP contribution in [0.4, 0.5) is 0 Å². The first-order chi connectivity index (χ1) is 6.24. The quantitative estimate of drug-likeness (QED) is 0.883. The molecule has 0 saturated carbocycles. The van der Waals surface area contributed by atoms with E-state index in [4.69, 9.17) is 9.84 Å². The number of hydrogen-bond donors (Lipinski definition) is 1. The minimum Gasteiger partial charge on any atom is -0.394 e. The van der Waals surface area contributed by atoms with Crippen LogP contribution in [-0.4, -0.2) is 18.3 Å². The summed E-state index contributed by atoms with van der Waals surface area (Å²) >= 11 is 3.37. The highest BCUT2D eigenvalue weighted by atomic mass is 79.9. The molecule has 13 heavy (non-hydrogen) atoms. The molecule has 0 spiro atoms. The maximum atomic E-state index is 8.57. The largest absolute Gasteiger partial charge is 0.394 e. The van der Waals surface area contributed by atoms with Gasteiger partial charge in [-0.3, -0.25) is 0 Å². The fourth-order valence-electron chi connectivity index (χ4n) is 1.06. The van der Waals surface area contributed by atoms with E-state index in [1.165, 1.54) is 0 Å². The molecule has 1 aromatic carbocycles. The van der Waals surface area contributed by atoms with Crippen LogP contribution in [0, 0.1) is 0 Å². The lowest BCUT2D eigenvalue weighted by atomic mass is 10.1. The van der Waals surface area contributed by atoms with E-state index in [0.29, 0.717) is 6.61 Å². The molecule has 3 heteroatoms. The Bertz CT molecular complexity index is 246. The molecule has 1 atom stereocenters. The van der Waals surface area contributed by atoms with Crippen molar-refractivity contribution in [3.8, 4) is 0 Å². The van der Waals surface area contributed by atoms with Crippen molar-refractivity contribution in [2.24, 2.45) is 0 Å². The van der Waals surface area contributed by atoms with Gasteiger partial charge in [-0.25, -0.2) is 0 Å².